The number of hydroxylamine groups is 1. The van der Waals surface area contributed by atoms with Gasteiger partial charge < -0.3 is 4.74 Å². The number of hydrogen-bond acceptors (Lipinski definition) is 5. The zero-order valence-electron chi connectivity index (χ0n) is 12.5. The quantitative estimate of drug-likeness (QED) is 0.633. The fourth-order valence-electron chi connectivity index (χ4n) is 4.10. The van der Waals surface area contributed by atoms with Crippen LogP contribution in [-0.4, -0.2) is 46.8 Å². The molecular formula is C16H21N3O3. The van der Waals surface area contributed by atoms with Gasteiger partial charge in [0.05, 0.1) is 17.9 Å². The summed E-state index contributed by atoms with van der Waals surface area (Å²) in [5, 5.41) is 8.70. The van der Waals surface area contributed by atoms with Crippen molar-refractivity contribution in [3.05, 3.63) is 29.1 Å². The SMILES string of the molecule is O=C(NO)c1cnc2c(c1)CCN([C@H]1C[C@]3(CCOC3)C1)C2. The average molecular weight is 303 g/mol. The van der Waals surface area contributed by atoms with Crippen molar-refractivity contribution in [2.24, 2.45) is 5.41 Å². The second-order valence-electron chi connectivity index (χ2n) is 6.86. The van der Waals surface area contributed by atoms with E-state index >= 15 is 0 Å². The summed E-state index contributed by atoms with van der Waals surface area (Å²) in [7, 11) is 0. The fourth-order valence-corrected chi connectivity index (χ4v) is 4.10. The lowest BCUT2D eigenvalue weighted by Crippen LogP contribution is -2.52. The van der Waals surface area contributed by atoms with Crippen LogP contribution in [-0.2, 0) is 17.7 Å². The van der Waals surface area contributed by atoms with Gasteiger partial charge in [-0.1, -0.05) is 0 Å². The molecule has 0 radical (unpaired) electrons. The van der Waals surface area contributed by atoms with Crippen LogP contribution in [0.5, 0.6) is 0 Å². The van der Waals surface area contributed by atoms with Crippen molar-refractivity contribution in [3.8, 4) is 0 Å². The van der Waals surface area contributed by atoms with Gasteiger partial charge in [0.2, 0.25) is 0 Å². The molecule has 6 heteroatoms. The molecule has 4 rings (SSSR count). The van der Waals surface area contributed by atoms with E-state index in [1.54, 1.807) is 11.7 Å². The molecule has 1 amide bonds. The number of amides is 1. The number of nitrogens with one attached hydrogen (secondary N) is 1. The van der Waals surface area contributed by atoms with Crippen molar-refractivity contribution >= 4 is 5.91 Å². The summed E-state index contributed by atoms with van der Waals surface area (Å²) in [5.41, 5.74) is 4.72. The smallest absolute Gasteiger partial charge is 0.276 e. The minimum Gasteiger partial charge on any atom is -0.381 e. The largest absolute Gasteiger partial charge is 0.381 e. The van der Waals surface area contributed by atoms with Crippen LogP contribution < -0.4 is 5.48 Å². The molecule has 1 aliphatic carbocycles. The van der Waals surface area contributed by atoms with Crippen LogP contribution in [0.2, 0.25) is 0 Å². The Morgan fingerprint density at radius 2 is 2.36 bits per heavy atom. The first-order chi connectivity index (χ1) is 10.7. The van der Waals surface area contributed by atoms with E-state index in [9.17, 15) is 4.79 Å². The summed E-state index contributed by atoms with van der Waals surface area (Å²) in [5.74, 6) is -0.500. The maximum absolute atomic E-state index is 11.4. The van der Waals surface area contributed by atoms with Gasteiger partial charge in [-0.2, -0.15) is 0 Å². The van der Waals surface area contributed by atoms with E-state index in [1.165, 1.54) is 19.3 Å². The lowest BCUT2D eigenvalue weighted by molar-refractivity contribution is -0.0130. The Morgan fingerprint density at radius 1 is 1.50 bits per heavy atom. The molecular weight excluding hydrogens is 282 g/mol. The lowest BCUT2D eigenvalue weighted by Gasteiger charge is -2.50. The first-order valence-electron chi connectivity index (χ1n) is 7.93. The van der Waals surface area contributed by atoms with Gasteiger partial charge in [0, 0.05) is 31.9 Å². The van der Waals surface area contributed by atoms with Crippen LogP contribution >= 0.6 is 0 Å². The van der Waals surface area contributed by atoms with E-state index in [0.717, 1.165) is 44.0 Å². The molecule has 1 spiro atoms. The third-order valence-electron chi connectivity index (χ3n) is 5.48. The molecule has 1 aromatic rings. The molecule has 6 nitrogen and oxygen atoms in total. The highest BCUT2D eigenvalue weighted by atomic mass is 16.5. The number of fused-ring (bicyclic) bond motifs is 1. The molecule has 22 heavy (non-hydrogen) atoms. The number of carbonyl (C=O) groups excluding carboxylic acids is 1. The first-order valence-corrected chi connectivity index (χ1v) is 7.93. The van der Waals surface area contributed by atoms with Crippen molar-refractivity contribution in [2.75, 3.05) is 19.8 Å². The molecule has 1 saturated heterocycles. The number of carbonyl (C=O) groups is 1. The van der Waals surface area contributed by atoms with Gasteiger partial charge in [-0.25, -0.2) is 5.48 Å². The first kappa shape index (κ1) is 14.1. The summed E-state index contributed by atoms with van der Waals surface area (Å²) in [6.07, 6.45) is 6.16. The van der Waals surface area contributed by atoms with Gasteiger partial charge in [0.15, 0.2) is 0 Å². The van der Waals surface area contributed by atoms with E-state index in [2.05, 4.69) is 9.88 Å². The minimum absolute atomic E-state index is 0.417. The molecule has 0 atom stereocenters. The highest BCUT2D eigenvalue weighted by molar-refractivity contribution is 5.93. The Hall–Kier alpha value is -1.50. The third kappa shape index (κ3) is 2.31. The number of hydrogen-bond donors (Lipinski definition) is 2. The molecule has 2 aliphatic heterocycles. The molecule has 118 valence electrons. The molecule has 0 unspecified atom stereocenters. The van der Waals surface area contributed by atoms with Crippen molar-refractivity contribution in [1.82, 2.24) is 15.4 Å². The average Bonchev–Trinajstić information content (AvgIpc) is 3.01. The van der Waals surface area contributed by atoms with Crippen LogP contribution in [0.3, 0.4) is 0 Å². The van der Waals surface area contributed by atoms with Crippen LogP contribution in [0.15, 0.2) is 12.3 Å². The maximum atomic E-state index is 11.4. The fraction of sp³-hybridized carbons (Fsp3) is 0.625. The zero-order chi connectivity index (χ0) is 15.2. The third-order valence-corrected chi connectivity index (χ3v) is 5.48. The van der Waals surface area contributed by atoms with Crippen molar-refractivity contribution < 1.29 is 14.7 Å². The van der Waals surface area contributed by atoms with E-state index in [4.69, 9.17) is 9.94 Å². The zero-order valence-corrected chi connectivity index (χ0v) is 12.5. The standard InChI is InChI=1S/C16H21N3O3/c20-15(18-21)12-5-11-1-3-19(9-14(11)17-8-12)13-6-16(7-13)2-4-22-10-16/h5,8,13,21H,1-4,6-7,9-10H2,(H,18,20)/t13-,16+. The van der Waals surface area contributed by atoms with Crippen LogP contribution in [0.25, 0.3) is 0 Å². The van der Waals surface area contributed by atoms with E-state index in [1.807, 2.05) is 6.07 Å². The second-order valence-corrected chi connectivity index (χ2v) is 6.86. The van der Waals surface area contributed by atoms with Gasteiger partial charge in [-0.15, -0.1) is 0 Å². The van der Waals surface area contributed by atoms with Crippen molar-refractivity contribution in [1.29, 1.82) is 0 Å². The summed E-state index contributed by atoms with van der Waals surface area (Å²) in [6.45, 7) is 3.73. The monoisotopic (exact) mass is 303 g/mol. The number of pyridine rings is 1. The summed E-state index contributed by atoms with van der Waals surface area (Å²) in [6, 6.07) is 2.50. The summed E-state index contributed by atoms with van der Waals surface area (Å²) in [4.78, 5) is 18.4. The normalized spacial score (nSPS) is 30.9. The van der Waals surface area contributed by atoms with Gasteiger partial charge in [-0.05, 0) is 42.7 Å². The van der Waals surface area contributed by atoms with Crippen LogP contribution in [0.1, 0.15) is 40.9 Å². The summed E-state index contributed by atoms with van der Waals surface area (Å²) < 4.78 is 5.55. The summed E-state index contributed by atoms with van der Waals surface area (Å²) >= 11 is 0. The molecule has 2 N–H and O–H groups in total. The van der Waals surface area contributed by atoms with Crippen LogP contribution in [0.4, 0.5) is 0 Å². The molecule has 3 heterocycles. The molecule has 1 saturated carbocycles. The minimum atomic E-state index is -0.500. The second kappa shape index (κ2) is 5.30. The predicted octanol–water partition coefficient (Wildman–Crippen LogP) is 1.13. The Labute approximate surface area is 129 Å². The molecule has 0 aromatic carbocycles. The lowest BCUT2D eigenvalue weighted by atomic mass is 9.64. The highest BCUT2D eigenvalue weighted by Gasteiger charge is 2.48. The van der Waals surface area contributed by atoms with E-state index in [-0.39, 0.29) is 0 Å². The Kier molecular flexibility index (Phi) is 3.40. The topological polar surface area (TPSA) is 74.7 Å². The molecule has 1 aromatic heterocycles. The van der Waals surface area contributed by atoms with Gasteiger partial charge in [0.25, 0.3) is 5.91 Å². The van der Waals surface area contributed by atoms with Gasteiger partial charge >= 0.3 is 0 Å². The Balaban J connectivity index is 1.43. The number of ether oxygens (including phenoxy) is 1. The number of nitrogens with zero attached hydrogens (tertiary/aromatic N) is 2. The van der Waals surface area contributed by atoms with Crippen molar-refractivity contribution in [3.63, 3.8) is 0 Å². The predicted molar refractivity (Wildman–Crippen MR) is 78.5 cm³/mol. The van der Waals surface area contributed by atoms with E-state index in [0.29, 0.717) is 17.0 Å². The van der Waals surface area contributed by atoms with Gasteiger partial charge in [-0.3, -0.25) is 19.9 Å². The highest BCUT2D eigenvalue weighted by Crippen LogP contribution is 2.49. The molecule has 2 fully saturated rings. The van der Waals surface area contributed by atoms with Gasteiger partial charge in [0.1, 0.15) is 0 Å². The van der Waals surface area contributed by atoms with Crippen molar-refractivity contribution in [2.45, 2.75) is 38.3 Å². The van der Waals surface area contributed by atoms with E-state index < -0.39 is 5.91 Å². The molecule has 0 bridgehead atoms. The van der Waals surface area contributed by atoms with Crippen LogP contribution in [0, 0.1) is 5.41 Å². The maximum Gasteiger partial charge on any atom is 0.276 e. The Bertz CT molecular complexity index is 590. The Morgan fingerprint density at radius 3 is 3.09 bits per heavy atom. The molecule has 3 aliphatic rings. The number of aromatic nitrogens is 1. The number of rotatable bonds is 2.